The minimum atomic E-state index is 0.447. The van der Waals surface area contributed by atoms with Crippen molar-refractivity contribution >= 4 is 35.0 Å². The van der Waals surface area contributed by atoms with Crippen molar-refractivity contribution in [3.05, 3.63) is 39.2 Å². The molecule has 0 bridgehead atoms. The molecule has 82 valence electrons. The van der Waals surface area contributed by atoms with E-state index in [-0.39, 0.29) is 0 Å². The Morgan fingerprint density at radius 3 is 2.13 bits per heavy atom. The zero-order chi connectivity index (χ0) is 11.4. The van der Waals surface area contributed by atoms with Crippen LogP contribution < -0.4 is 0 Å². The lowest BCUT2D eigenvalue weighted by Gasteiger charge is -2.12. The summed E-state index contributed by atoms with van der Waals surface area (Å²) in [7, 11) is 0. The number of rotatable bonds is 3. The molecule has 0 nitrogen and oxygen atoms in total. The van der Waals surface area contributed by atoms with E-state index in [9.17, 15) is 0 Å². The third kappa shape index (κ3) is 4.10. The average Bonchev–Trinajstić information content (AvgIpc) is 2.15. The summed E-state index contributed by atoms with van der Waals surface area (Å²) in [6.45, 7) is 6.22. The van der Waals surface area contributed by atoms with E-state index < -0.39 is 0 Å². The van der Waals surface area contributed by atoms with Crippen molar-refractivity contribution in [2.45, 2.75) is 25.7 Å². The van der Waals surface area contributed by atoms with Crippen LogP contribution in [0.1, 0.15) is 20.8 Å². The molecule has 0 spiro atoms. The van der Waals surface area contributed by atoms with Gasteiger partial charge in [0.05, 0.1) is 0 Å². The molecule has 1 aromatic carbocycles. The van der Waals surface area contributed by atoms with E-state index in [1.165, 1.54) is 9.80 Å². The molecule has 0 saturated carbocycles. The monoisotopic (exact) mass is 260 g/mol. The molecule has 0 aliphatic heterocycles. The largest absolute Gasteiger partial charge is 0.0931 e. The second kappa shape index (κ2) is 5.83. The molecule has 0 fully saturated rings. The highest BCUT2D eigenvalue weighted by atomic mass is 35.5. The van der Waals surface area contributed by atoms with Gasteiger partial charge in [0.1, 0.15) is 0 Å². The zero-order valence-electron chi connectivity index (χ0n) is 9.05. The molecule has 3 heteroatoms. The zero-order valence-corrected chi connectivity index (χ0v) is 11.4. The molecule has 0 aliphatic rings. The summed E-state index contributed by atoms with van der Waals surface area (Å²) in [6, 6.07) is 7.81. The van der Waals surface area contributed by atoms with Crippen LogP contribution >= 0.6 is 35.0 Å². The highest BCUT2D eigenvalue weighted by molar-refractivity contribution is 8.03. The number of benzene rings is 1. The first-order chi connectivity index (χ1) is 7.00. The SMILES string of the molecule is C/C(Cl)=C(/Sc1ccc(Cl)cc1)C(C)C. The molecule has 0 aliphatic carbocycles. The maximum atomic E-state index is 6.05. The lowest BCUT2D eigenvalue weighted by molar-refractivity contribution is 0.812. The summed E-state index contributed by atoms with van der Waals surface area (Å²) in [5.74, 6) is 0.447. The predicted molar refractivity (Wildman–Crippen MR) is 70.7 cm³/mol. The topological polar surface area (TPSA) is 0 Å². The Hall–Kier alpha value is -0.110. The van der Waals surface area contributed by atoms with E-state index in [2.05, 4.69) is 13.8 Å². The number of halogens is 2. The second-order valence-corrected chi connectivity index (χ2v) is 5.73. The number of hydrogen-bond donors (Lipinski definition) is 0. The molecule has 0 unspecified atom stereocenters. The van der Waals surface area contributed by atoms with E-state index >= 15 is 0 Å². The van der Waals surface area contributed by atoms with Gasteiger partial charge < -0.3 is 0 Å². The van der Waals surface area contributed by atoms with E-state index in [1.807, 2.05) is 31.2 Å². The number of hydrogen-bond acceptors (Lipinski definition) is 1. The van der Waals surface area contributed by atoms with Gasteiger partial charge in [0.15, 0.2) is 0 Å². The summed E-state index contributed by atoms with van der Waals surface area (Å²) in [4.78, 5) is 2.38. The molecule has 0 N–H and O–H groups in total. The van der Waals surface area contributed by atoms with Gasteiger partial charge in [-0.25, -0.2) is 0 Å². The van der Waals surface area contributed by atoms with Gasteiger partial charge >= 0.3 is 0 Å². The fraction of sp³-hybridized carbons (Fsp3) is 0.333. The summed E-state index contributed by atoms with van der Waals surface area (Å²) in [5, 5.41) is 1.63. The molecular weight excluding hydrogens is 247 g/mol. The van der Waals surface area contributed by atoms with Crippen LogP contribution in [0.15, 0.2) is 39.1 Å². The minimum absolute atomic E-state index is 0.447. The Morgan fingerprint density at radius 2 is 1.73 bits per heavy atom. The molecule has 0 heterocycles. The van der Waals surface area contributed by atoms with Crippen molar-refractivity contribution in [2.24, 2.45) is 5.92 Å². The van der Waals surface area contributed by atoms with Gasteiger partial charge in [0.25, 0.3) is 0 Å². The first-order valence-corrected chi connectivity index (χ1v) is 6.37. The quantitative estimate of drug-likeness (QED) is 0.642. The lowest BCUT2D eigenvalue weighted by Crippen LogP contribution is -1.91. The molecule has 0 amide bonds. The van der Waals surface area contributed by atoms with Crippen molar-refractivity contribution in [1.82, 2.24) is 0 Å². The van der Waals surface area contributed by atoms with Gasteiger partial charge in [-0.05, 0) is 37.1 Å². The normalized spacial score (nSPS) is 12.9. The molecule has 1 rings (SSSR count). The van der Waals surface area contributed by atoms with Crippen LogP contribution in [0, 0.1) is 5.92 Å². The molecule has 0 atom stereocenters. The van der Waals surface area contributed by atoms with E-state index in [0.29, 0.717) is 5.92 Å². The smallest absolute Gasteiger partial charge is 0.0406 e. The van der Waals surface area contributed by atoms with Gasteiger partial charge in [-0.3, -0.25) is 0 Å². The van der Waals surface area contributed by atoms with Crippen LogP contribution in [0.4, 0.5) is 0 Å². The maximum absolute atomic E-state index is 6.05. The predicted octanol–water partition coefficient (Wildman–Crippen LogP) is 5.56. The molecular formula is C12H14Cl2S. The van der Waals surface area contributed by atoms with Crippen LogP contribution in [-0.2, 0) is 0 Å². The van der Waals surface area contributed by atoms with Crippen molar-refractivity contribution in [3.63, 3.8) is 0 Å². The fourth-order valence-corrected chi connectivity index (χ4v) is 2.58. The highest BCUT2D eigenvalue weighted by Gasteiger charge is 2.08. The summed E-state index contributed by atoms with van der Waals surface area (Å²) in [5.41, 5.74) is 0. The first-order valence-electron chi connectivity index (χ1n) is 4.80. The van der Waals surface area contributed by atoms with E-state index in [1.54, 1.807) is 11.8 Å². The van der Waals surface area contributed by atoms with Crippen molar-refractivity contribution in [3.8, 4) is 0 Å². The average molecular weight is 261 g/mol. The Balaban J connectivity index is 2.85. The Kier molecular flexibility index (Phi) is 5.04. The molecule has 15 heavy (non-hydrogen) atoms. The lowest BCUT2D eigenvalue weighted by atomic mass is 10.2. The fourth-order valence-electron chi connectivity index (χ4n) is 1.22. The Bertz CT molecular complexity index is 348. The standard InChI is InChI=1S/C12H14Cl2S/c1-8(2)12(9(3)13)15-11-6-4-10(14)5-7-11/h4-8H,1-3H3/b12-9-. The maximum Gasteiger partial charge on any atom is 0.0406 e. The summed E-state index contributed by atoms with van der Waals surface area (Å²) < 4.78 is 0. The molecule has 1 aromatic rings. The number of allylic oxidation sites excluding steroid dienone is 2. The number of thioether (sulfide) groups is 1. The Labute approximate surface area is 106 Å². The van der Waals surface area contributed by atoms with Crippen LogP contribution in [0.3, 0.4) is 0 Å². The van der Waals surface area contributed by atoms with Crippen molar-refractivity contribution < 1.29 is 0 Å². The van der Waals surface area contributed by atoms with Crippen LogP contribution in [0.5, 0.6) is 0 Å². The molecule has 0 radical (unpaired) electrons. The van der Waals surface area contributed by atoms with E-state index in [4.69, 9.17) is 23.2 Å². The minimum Gasteiger partial charge on any atom is -0.0931 e. The summed E-state index contributed by atoms with van der Waals surface area (Å²) in [6.07, 6.45) is 0. The third-order valence-corrected chi connectivity index (χ3v) is 3.98. The van der Waals surface area contributed by atoms with Crippen LogP contribution in [0.2, 0.25) is 5.02 Å². The Morgan fingerprint density at radius 1 is 1.20 bits per heavy atom. The van der Waals surface area contributed by atoms with Gasteiger partial charge in [-0.15, -0.1) is 0 Å². The van der Waals surface area contributed by atoms with Gasteiger partial charge in [-0.2, -0.15) is 0 Å². The second-order valence-electron chi connectivity index (χ2n) is 3.61. The van der Waals surface area contributed by atoms with Crippen LogP contribution in [-0.4, -0.2) is 0 Å². The third-order valence-electron chi connectivity index (χ3n) is 1.91. The van der Waals surface area contributed by atoms with E-state index in [0.717, 1.165) is 10.1 Å². The molecule has 0 saturated heterocycles. The van der Waals surface area contributed by atoms with Gasteiger partial charge in [0.2, 0.25) is 0 Å². The van der Waals surface area contributed by atoms with Gasteiger partial charge in [-0.1, -0.05) is 48.8 Å². The van der Waals surface area contributed by atoms with Crippen molar-refractivity contribution in [2.75, 3.05) is 0 Å². The highest BCUT2D eigenvalue weighted by Crippen LogP contribution is 2.35. The first kappa shape index (κ1) is 13.0. The van der Waals surface area contributed by atoms with Crippen molar-refractivity contribution in [1.29, 1.82) is 0 Å². The molecule has 0 aromatic heterocycles. The summed E-state index contributed by atoms with van der Waals surface area (Å²) >= 11 is 13.6. The van der Waals surface area contributed by atoms with Crippen LogP contribution in [0.25, 0.3) is 0 Å². The van der Waals surface area contributed by atoms with Gasteiger partial charge in [0, 0.05) is 19.9 Å².